The second kappa shape index (κ2) is 10.5. The minimum atomic E-state index is -3.79. The Morgan fingerprint density at radius 2 is 1.70 bits per heavy atom. The summed E-state index contributed by atoms with van der Waals surface area (Å²) in [6.07, 6.45) is 1.48. The Labute approximate surface area is 233 Å². The summed E-state index contributed by atoms with van der Waals surface area (Å²) >= 11 is 0. The normalized spacial score (nSPS) is 15.9. The molecule has 14 heteroatoms. The first-order chi connectivity index (χ1) is 19.0. The van der Waals surface area contributed by atoms with E-state index in [1.54, 1.807) is 43.3 Å². The van der Waals surface area contributed by atoms with E-state index in [9.17, 15) is 26.9 Å². The minimum absolute atomic E-state index is 0.145. The highest BCUT2D eigenvalue weighted by molar-refractivity contribution is 7.92. The molecule has 0 unspecified atom stereocenters. The van der Waals surface area contributed by atoms with Crippen molar-refractivity contribution in [3.8, 4) is 6.07 Å². The van der Waals surface area contributed by atoms with Crippen LogP contribution in [0.5, 0.6) is 0 Å². The lowest BCUT2D eigenvalue weighted by Gasteiger charge is -2.34. The fraction of sp³-hybridized carbons (Fsp3) is 0.308. The molecule has 0 aliphatic carbocycles. The third-order valence-electron chi connectivity index (χ3n) is 6.76. The van der Waals surface area contributed by atoms with Gasteiger partial charge >= 0.3 is 0 Å². The zero-order valence-corrected chi connectivity index (χ0v) is 23.5. The van der Waals surface area contributed by atoms with Crippen molar-refractivity contribution in [2.24, 2.45) is 0 Å². The zero-order valence-electron chi connectivity index (χ0n) is 21.9. The molecule has 2 aliphatic heterocycles. The molecule has 3 aromatic rings. The second-order valence-electron chi connectivity index (χ2n) is 9.61. The monoisotopic (exact) mass is 581 g/mol. The number of aromatic nitrogens is 2. The number of piperazine rings is 1. The summed E-state index contributed by atoms with van der Waals surface area (Å²) in [6.45, 7) is 3.33. The van der Waals surface area contributed by atoms with Gasteiger partial charge in [0.25, 0.3) is 5.91 Å². The van der Waals surface area contributed by atoms with E-state index in [-0.39, 0.29) is 40.8 Å². The van der Waals surface area contributed by atoms with E-state index in [4.69, 9.17) is 0 Å². The van der Waals surface area contributed by atoms with E-state index in [2.05, 4.69) is 14.7 Å². The first-order valence-corrected chi connectivity index (χ1v) is 15.8. The van der Waals surface area contributed by atoms with Gasteiger partial charge in [-0.1, -0.05) is 12.1 Å². The summed E-state index contributed by atoms with van der Waals surface area (Å²) < 4.78 is 54.3. The first kappa shape index (κ1) is 27.5. The number of fused-ring (bicyclic) bond motifs is 1. The largest absolute Gasteiger partial charge is 0.338 e. The molecule has 1 N–H and O–H groups in total. The van der Waals surface area contributed by atoms with Crippen LogP contribution in [0.15, 0.2) is 53.4 Å². The Hall–Kier alpha value is -4.06. The molecule has 1 amide bonds. The molecule has 5 rings (SSSR count). The van der Waals surface area contributed by atoms with Crippen molar-refractivity contribution in [3.63, 3.8) is 0 Å². The standard InChI is InChI=1S/C26H27N7O5S2/c1-18-15-20(17-27)29-26(28-18)31-11-13-32(14-12-31)40(37,38)21-7-8-24-19(16-21)9-10-33(24)25(34)22-5-3-4-6-23(22)30-39(2,35)36/h3-8,15-16,30H,9-14H2,1-2H3. The molecule has 0 radical (unpaired) electrons. The predicted octanol–water partition coefficient (Wildman–Crippen LogP) is 1.74. The molecule has 0 bridgehead atoms. The number of nitriles is 1. The molecular weight excluding hydrogens is 554 g/mol. The number of anilines is 3. The molecule has 0 spiro atoms. The van der Waals surface area contributed by atoms with Crippen LogP contribution in [0.25, 0.3) is 0 Å². The Bertz CT molecular complexity index is 1750. The van der Waals surface area contributed by atoms with Crippen LogP contribution in [0.2, 0.25) is 0 Å². The maximum atomic E-state index is 13.5. The van der Waals surface area contributed by atoms with Crippen molar-refractivity contribution in [1.29, 1.82) is 5.26 Å². The van der Waals surface area contributed by atoms with Crippen molar-refractivity contribution < 1.29 is 21.6 Å². The number of aryl methyl sites for hydroxylation is 1. The Morgan fingerprint density at radius 1 is 0.975 bits per heavy atom. The summed E-state index contributed by atoms with van der Waals surface area (Å²) in [5, 5.41) is 9.19. The molecule has 208 valence electrons. The van der Waals surface area contributed by atoms with E-state index in [1.165, 1.54) is 21.3 Å². The quantitative estimate of drug-likeness (QED) is 0.458. The Balaban J connectivity index is 1.32. The van der Waals surface area contributed by atoms with E-state index < -0.39 is 20.0 Å². The highest BCUT2D eigenvalue weighted by Crippen LogP contribution is 2.33. The van der Waals surface area contributed by atoms with E-state index in [1.807, 2.05) is 11.0 Å². The van der Waals surface area contributed by atoms with Crippen LogP contribution >= 0.6 is 0 Å². The van der Waals surface area contributed by atoms with Gasteiger partial charge in [-0.05, 0) is 55.3 Å². The fourth-order valence-electron chi connectivity index (χ4n) is 4.88. The highest BCUT2D eigenvalue weighted by Gasteiger charge is 2.33. The van der Waals surface area contributed by atoms with Crippen molar-refractivity contribution in [3.05, 3.63) is 71.0 Å². The van der Waals surface area contributed by atoms with Crippen molar-refractivity contribution in [2.45, 2.75) is 18.2 Å². The molecule has 40 heavy (non-hydrogen) atoms. The number of nitrogens with zero attached hydrogens (tertiary/aromatic N) is 6. The zero-order chi connectivity index (χ0) is 28.7. The van der Waals surface area contributed by atoms with Crippen LogP contribution < -0.4 is 14.5 Å². The van der Waals surface area contributed by atoms with Gasteiger partial charge < -0.3 is 9.80 Å². The molecule has 3 heterocycles. The van der Waals surface area contributed by atoms with Crippen LogP contribution in [0.4, 0.5) is 17.3 Å². The van der Waals surface area contributed by atoms with Gasteiger partial charge in [-0.25, -0.2) is 26.8 Å². The van der Waals surface area contributed by atoms with Gasteiger partial charge in [0.2, 0.25) is 26.0 Å². The van der Waals surface area contributed by atoms with Crippen LogP contribution in [-0.2, 0) is 26.5 Å². The SMILES string of the molecule is Cc1cc(C#N)nc(N2CCN(S(=O)(=O)c3ccc4c(c3)CCN4C(=O)c3ccccc3NS(C)(=O)=O)CC2)n1. The van der Waals surface area contributed by atoms with Gasteiger partial charge in [-0.3, -0.25) is 9.52 Å². The average molecular weight is 582 g/mol. The average Bonchev–Trinajstić information content (AvgIpc) is 3.35. The van der Waals surface area contributed by atoms with Crippen molar-refractivity contribution >= 4 is 43.3 Å². The summed E-state index contributed by atoms with van der Waals surface area (Å²) in [7, 11) is -7.38. The Morgan fingerprint density at radius 3 is 2.40 bits per heavy atom. The number of hydrogen-bond donors (Lipinski definition) is 1. The summed E-state index contributed by atoms with van der Waals surface area (Å²) in [5.74, 6) is 0.0272. The Kier molecular flexibility index (Phi) is 7.21. The number of benzene rings is 2. The highest BCUT2D eigenvalue weighted by atomic mass is 32.2. The number of carbonyl (C=O) groups excluding carboxylic acids is 1. The lowest BCUT2D eigenvalue weighted by atomic mass is 10.1. The number of rotatable bonds is 6. The van der Waals surface area contributed by atoms with Crippen molar-refractivity contribution in [2.75, 3.05) is 53.5 Å². The van der Waals surface area contributed by atoms with Crippen LogP contribution in [-0.4, -0.2) is 76.0 Å². The number of nitrogens with one attached hydrogen (secondary N) is 1. The summed E-state index contributed by atoms with van der Waals surface area (Å²) in [4.78, 5) is 25.6. The van der Waals surface area contributed by atoms with Gasteiger partial charge in [0, 0.05) is 44.1 Å². The molecular formula is C26H27N7O5S2. The molecule has 2 aliphatic rings. The van der Waals surface area contributed by atoms with Gasteiger partial charge in [0.05, 0.1) is 22.4 Å². The molecule has 1 fully saturated rings. The van der Waals surface area contributed by atoms with E-state index in [0.29, 0.717) is 43.4 Å². The fourth-order valence-corrected chi connectivity index (χ4v) is 6.93. The molecule has 0 atom stereocenters. The van der Waals surface area contributed by atoms with Crippen LogP contribution in [0.3, 0.4) is 0 Å². The van der Waals surface area contributed by atoms with Gasteiger partial charge in [-0.15, -0.1) is 0 Å². The number of hydrogen-bond acceptors (Lipinski definition) is 9. The van der Waals surface area contributed by atoms with Gasteiger partial charge in [-0.2, -0.15) is 9.57 Å². The predicted molar refractivity (Wildman–Crippen MR) is 149 cm³/mol. The molecule has 1 aromatic heterocycles. The molecule has 2 aromatic carbocycles. The van der Waals surface area contributed by atoms with E-state index in [0.717, 1.165) is 11.8 Å². The van der Waals surface area contributed by atoms with Gasteiger partial charge in [0.1, 0.15) is 11.8 Å². The number of para-hydroxylation sites is 1. The third-order valence-corrected chi connectivity index (χ3v) is 9.25. The lowest BCUT2D eigenvalue weighted by molar-refractivity contribution is 0.0990. The maximum absolute atomic E-state index is 13.5. The minimum Gasteiger partial charge on any atom is -0.338 e. The smallest absolute Gasteiger partial charge is 0.260 e. The van der Waals surface area contributed by atoms with E-state index >= 15 is 0 Å². The van der Waals surface area contributed by atoms with Gasteiger partial charge in [0.15, 0.2) is 0 Å². The number of carbonyl (C=O) groups is 1. The third kappa shape index (κ3) is 5.48. The molecule has 0 saturated carbocycles. The summed E-state index contributed by atoms with van der Waals surface area (Å²) in [6, 6.07) is 14.7. The van der Waals surface area contributed by atoms with Crippen molar-refractivity contribution in [1.82, 2.24) is 14.3 Å². The number of amides is 1. The first-order valence-electron chi connectivity index (χ1n) is 12.5. The maximum Gasteiger partial charge on any atom is 0.260 e. The lowest BCUT2D eigenvalue weighted by Crippen LogP contribution is -2.49. The topological polar surface area (TPSA) is 157 Å². The second-order valence-corrected chi connectivity index (χ2v) is 13.3. The summed E-state index contributed by atoms with van der Waals surface area (Å²) in [5.41, 5.74) is 2.62. The number of sulfonamides is 2. The van der Waals surface area contributed by atoms with Crippen LogP contribution in [0.1, 0.15) is 27.3 Å². The molecule has 12 nitrogen and oxygen atoms in total. The van der Waals surface area contributed by atoms with Crippen LogP contribution in [0, 0.1) is 18.3 Å². The molecule has 1 saturated heterocycles.